The molecule has 3 aliphatic rings. The molecule has 0 spiro atoms. The van der Waals surface area contributed by atoms with E-state index in [0.717, 1.165) is 0 Å². The Bertz CT molecular complexity index is 1720. The minimum atomic E-state index is -0.647. The van der Waals surface area contributed by atoms with Crippen LogP contribution in [0.3, 0.4) is 0 Å². The summed E-state index contributed by atoms with van der Waals surface area (Å²) in [4.78, 5) is 39.2. The predicted molar refractivity (Wildman–Crippen MR) is 141 cm³/mol. The summed E-state index contributed by atoms with van der Waals surface area (Å²) in [6.45, 7) is 0.481. The average Bonchev–Trinajstić information content (AvgIpc) is 3.77. The Labute approximate surface area is 236 Å². The maximum Gasteiger partial charge on any atom is 0.247 e. The van der Waals surface area contributed by atoms with Crippen LogP contribution in [-0.2, 0) is 9.59 Å². The summed E-state index contributed by atoms with van der Waals surface area (Å²) >= 11 is 6.11. The highest BCUT2D eigenvalue weighted by Gasteiger charge is 2.42. The quantitative estimate of drug-likeness (QED) is 0.371. The molecule has 0 radical (unpaired) electrons. The number of hydrogen-bond donors (Lipinski definition) is 2. The first-order valence-electron chi connectivity index (χ1n) is 13.1. The van der Waals surface area contributed by atoms with Gasteiger partial charge in [0.05, 0.1) is 40.3 Å². The Morgan fingerprint density at radius 2 is 1.93 bits per heavy atom. The van der Waals surface area contributed by atoms with Crippen LogP contribution in [0.15, 0.2) is 43.0 Å². The Morgan fingerprint density at radius 1 is 1.05 bits per heavy atom. The topological polar surface area (TPSA) is 135 Å². The van der Waals surface area contributed by atoms with Crippen LogP contribution in [0.25, 0.3) is 22.5 Å². The lowest BCUT2D eigenvalue weighted by molar-refractivity contribution is -0.129. The van der Waals surface area contributed by atoms with Gasteiger partial charge in [-0.25, -0.2) is 13.8 Å². The van der Waals surface area contributed by atoms with E-state index >= 15 is 8.78 Å². The van der Waals surface area contributed by atoms with Crippen molar-refractivity contribution in [2.45, 2.75) is 43.7 Å². The SMILES string of the molecule is O=C1NCCC1c1nccc(-c2cnc([C@@H]3CC[C@@H]4CC(c5c(-n6cnnn6)ccc(Cl)c5F)=CC(=O)N43)[nH]2)c1F. The van der Waals surface area contributed by atoms with E-state index in [1.807, 2.05) is 0 Å². The van der Waals surface area contributed by atoms with Crippen molar-refractivity contribution in [3.05, 3.63) is 76.7 Å². The van der Waals surface area contributed by atoms with Crippen molar-refractivity contribution >= 4 is 29.0 Å². The zero-order chi connectivity index (χ0) is 28.2. The molecule has 2 amide bonds. The van der Waals surface area contributed by atoms with Crippen LogP contribution >= 0.6 is 11.6 Å². The Kier molecular flexibility index (Phi) is 6.11. The van der Waals surface area contributed by atoms with Gasteiger partial charge in [-0.1, -0.05) is 11.6 Å². The van der Waals surface area contributed by atoms with Gasteiger partial charge in [0.15, 0.2) is 11.6 Å². The smallest absolute Gasteiger partial charge is 0.247 e. The Morgan fingerprint density at radius 3 is 2.71 bits per heavy atom. The van der Waals surface area contributed by atoms with Crippen LogP contribution in [0.5, 0.6) is 0 Å². The molecule has 2 fully saturated rings. The summed E-state index contributed by atoms with van der Waals surface area (Å²) in [5, 5.41) is 13.8. The zero-order valence-corrected chi connectivity index (χ0v) is 22.1. The number of imidazole rings is 1. The van der Waals surface area contributed by atoms with E-state index < -0.39 is 17.6 Å². The molecule has 208 valence electrons. The molecule has 2 N–H and O–H groups in total. The molecule has 11 nitrogen and oxygen atoms in total. The summed E-state index contributed by atoms with van der Waals surface area (Å²) in [6.07, 6.45) is 7.93. The monoisotopic (exact) mass is 577 g/mol. The number of halogens is 3. The lowest BCUT2D eigenvalue weighted by Gasteiger charge is -2.33. The number of nitrogens with zero attached hydrogens (tertiary/aromatic N) is 7. The number of aromatic nitrogens is 7. The zero-order valence-electron chi connectivity index (χ0n) is 21.4. The fourth-order valence-electron chi connectivity index (χ4n) is 6.11. The second kappa shape index (κ2) is 9.84. The molecule has 2 saturated heterocycles. The van der Waals surface area contributed by atoms with Gasteiger partial charge >= 0.3 is 0 Å². The largest absolute Gasteiger partial charge is 0.355 e. The average molecular weight is 578 g/mol. The van der Waals surface area contributed by atoms with Crippen LogP contribution in [-0.4, -0.2) is 64.5 Å². The van der Waals surface area contributed by atoms with Crippen LogP contribution in [0.4, 0.5) is 8.78 Å². The molecule has 7 rings (SSSR count). The van der Waals surface area contributed by atoms with Gasteiger partial charge in [0.1, 0.15) is 12.2 Å². The minimum Gasteiger partial charge on any atom is -0.355 e. The van der Waals surface area contributed by atoms with Crippen molar-refractivity contribution in [2.75, 3.05) is 6.54 Å². The number of rotatable bonds is 5. The number of amides is 2. The number of pyridine rings is 1. The number of tetrazole rings is 1. The van der Waals surface area contributed by atoms with Crippen LogP contribution in [0.1, 0.15) is 54.7 Å². The van der Waals surface area contributed by atoms with Gasteiger partial charge < -0.3 is 15.2 Å². The molecule has 3 atom stereocenters. The third-order valence-electron chi connectivity index (χ3n) is 8.00. The van der Waals surface area contributed by atoms with E-state index in [9.17, 15) is 9.59 Å². The van der Waals surface area contributed by atoms with Gasteiger partial charge in [-0.3, -0.25) is 14.6 Å². The number of hydrogen-bond acceptors (Lipinski definition) is 7. The van der Waals surface area contributed by atoms with Crippen molar-refractivity contribution in [1.29, 1.82) is 0 Å². The van der Waals surface area contributed by atoms with E-state index in [0.29, 0.717) is 55.0 Å². The summed E-state index contributed by atoms with van der Waals surface area (Å²) in [5.41, 5.74) is 1.85. The standard InChI is InChI=1S/C27H22ClF2N9O2/c28-17-2-4-19(38-12-34-36-37-38)22(24(17)30)13-9-14-1-3-20(39(14)21(40)10-13)26-33-11-18(35-26)15-5-7-31-25(23(15)29)16-6-8-32-27(16)41/h2,4-5,7,10-12,14,16,20H,1,3,6,8-9H2,(H,32,41)(H,33,35)/t14-,16?,20+/m1/s1. The number of carbonyl (C=O) groups is 2. The number of benzene rings is 1. The van der Waals surface area contributed by atoms with Crippen LogP contribution in [0.2, 0.25) is 5.02 Å². The second-order valence-electron chi connectivity index (χ2n) is 10.2. The lowest BCUT2D eigenvalue weighted by Crippen LogP contribution is -2.39. The summed E-state index contributed by atoms with van der Waals surface area (Å²) in [5.74, 6) is -1.86. The molecule has 1 unspecified atom stereocenters. The number of H-pyrrole nitrogens is 1. The summed E-state index contributed by atoms with van der Waals surface area (Å²) in [7, 11) is 0. The molecule has 0 saturated carbocycles. The fraction of sp³-hybridized carbons (Fsp3) is 0.296. The maximum absolute atomic E-state index is 15.5. The molecule has 6 heterocycles. The predicted octanol–water partition coefficient (Wildman–Crippen LogP) is 3.50. The highest BCUT2D eigenvalue weighted by Crippen LogP contribution is 2.44. The molecular weight excluding hydrogens is 556 g/mol. The minimum absolute atomic E-state index is 0.0694. The molecular formula is C27H22ClF2N9O2. The van der Waals surface area contributed by atoms with Gasteiger partial charge in [0.2, 0.25) is 11.8 Å². The molecule has 14 heteroatoms. The van der Waals surface area contributed by atoms with E-state index in [1.165, 1.54) is 41.6 Å². The van der Waals surface area contributed by atoms with Gasteiger partial charge in [0, 0.05) is 36.0 Å². The van der Waals surface area contributed by atoms with Crippen molar-refractivity contribution in [2.24, 2.45) is 0 Å². The van der Waals surface area contributed by atoms with Gasteiger partial charge in [-0.05, 0) is 59.9 Å². The Balaban J connectivity index is 1.19. The first-order chi connectivity index (χ1) is 19.9. The maximum atomic E-state index is 15.5. The third-order valence-corrected chi connectivity index (χ3v) is 8.29. The number of fused-ring (bicyclic) bond motifs is 1. The van der Waals surface area contributed by atoms with Crippen molar-refractivity contribution in [3.8, 4) is 16.9 Å². The Hall–Kier alpha value is -4.52. The highest BCUT2D eigenvalue weighted by atomic mass is 35.5. The number of nitrogens with one attached hydrogen (secondary N) is 2. The van der Waals surface area contributed by atoms with Crippen molar-refractivity contribution < 1.29 is 18.4 Å². The van der Waals surface area contributed by atoms with E-state index in [2.05, 4.69) is 35.8 Å². The van der Waals surface area contributed by atoms with Gasteiger partial charge in [0.25, 0.3) is 0 Å². The van der Waals surface area contributed by atoms with Gasteiger partial charge in [-0.2, -0.15) is 4.68 Å². The van der Waals surface area contributed by atoms with Crippen LogP contribution in [0, 0.1) is 11.6 Å². The van der Waals surface area contributed by atoms with E-state index in [1.54, 1.807) is 11.0 Å². The molecule has 0 bridgehead atoms. The lowest BCUT2D eigenvalue weighted by atomic mass is 9.92. The molecule has 1 aromatic carbocycles. The number of carbonyl (C=O) groups excluding carboxylic acids is 2. The van der Waals surface area contributed by atoms with Crippen molar-refractivity contribution in [3.63, 3.8) is 0 Å². The molecule has 0 aliphatic carbocycles. The molecule has 4 aromatic rings. The normalized spacial score (nSPS) is 22.2. The second-order valence-corrected chi connectivity index (χ2v) is 10.7. The summed E-state index contributed by atoms with van der Waals surface area (Å²) < 4.78 is 32.2. The third kappa shape index (κ3) is 4.19. The highest BCUT2D eigenvalue weighted by molar-refractivity contribution is 6.31. The van der Waals surface area contributed by atoms with Gasteiger partial charge in [-0.15, -0.1) is 5.10 Å². The molecule has 41 heavy (non-hydrogen) atoms. The van der Waals surface area contributed by atoms with Crippen LogP contribution < -0.4 is 5.32 Å². The van der Waals surface area contributed by atoms with Crippen molar-refractivity contribution in [1.82, 2.24) is 45.4 Å². The summed E-state index contributed by atoms with van der Waals surface area (Å²) in [6, 6.07) is 3.99. The first kappa shape index (κ1) is 25.4. The van der Waals surface area contributed by atoms with E-state index in [-0.39, 0.29) is 45.7 Å². The molecule has 3 aliphatic heterocycles. The number of aromatic amines is 1. The first-order valence-corrected chi connectivity index (χ1v) is 13.5. The molecule has 3 aromatic heterocycles. The fourth-order valence-corrected chi connectivity index (χ4v) is 6.27. The van der Waals surface area contributed by atoms with E-state index in [4.69, 9.17) is 11.6 Å².